The van der Waals surface area contributed by atoms with Gasteiger partial charge in [-0.05, 0) is 26.1 Å². The van der Waals surface area contributed by atoms with Gasteiger partial charge in [0.2, 0.25) is 0 Å². The van der Waals surface area contributed by atoms with Crippen LogP contribution < -0.4 is 5.32 Å². The molecule has 0 saturated carbocycles. The zero-order chi connectivity index (χ0) is 14.8. The van der Waals surface area contributed by atoms with E-state index in [1.807, 2.05) is 6.92 Å². The van der Waals surface area contributed by atoms with Gasteiger partial charge in [-0.3, -0.25) is 0 Å². The Morgan fingerprint density at radius 2 is 2.20 bits per heavy atom. The number of hydrogen-bond acceptors (Lipinski definition) is 4. The van der Waals surface area contributed by atoms with Gasteiger partial charge in [-0.25, -0.2) is 9.67 Å². The zero-order valence-electron chi connectivity index (χ0n) is 11.2. The molecule has 0 amide bonds. The van der Waals surface area contributed by atoms with E-state index in [2.05, 4.69) is 15.4 Å². The number of likely N-dealkylation sites (N-methyl/N-ethyl adjacent to an activating group) is 1. The molecule has 0 unspecified atom stereocenters. The summed E-state index contributed by atoms with van der Waals surface area (Å²) in [5.41, 5.74) is -0.634. The molecule has 7 heteroatoms. The van der Waals surface area contributed by atoms with Crippen molar-refractivity contribution in [3.8, 4) is 0 Å². The van der Waals surface area contributed by atoms with Crippen molar-refractivity contribution < 1.29 is 5.11 Å². The summed E-state index contributed by atoms with van der Waals surface area (Å²) >= 11 is 12.2. The molecule has 0 radical (unpaired) electrons. The van der Waals surface area contributed by atoms with Crippen molar-refractivity contribution in [1.29, 1.82) is 0 Å². The molecule has 2 aromatic rings. The van der Waals surface area contributed by atoms with Crippen molar-refractivity contribution in [2.45, 2.75) is 25.1 Å². The summed E-state index contributed by atoms with van der Waals surface area (Å²) in [6.45, 7) is 2.11. The predicted molar refractivity (Wildman–Crippen MR) is 78.9 cm³/mol. The predicted octanol–water partition coefficient (Wildman–Crippen LogP) is 2.08. The SMILES string of the molecule is CN[C@H](C)[C@](O)(Cn1cncn1)c1ccc(Cl)cc1Cl. The van der Waals surface area contributed by atoms with E-state index >= 15 is 0 Å². The highest BCUT2D eigenvalue weighted by molar-refractivity contribution is 6.35. The fourth-order valence-corrected chi connectivity index (χ4v) is 2.67. The van der Waals surface area contributed by atoms with Crippen LogP contribution in [0, 0.1) is 0 Å². The molecule has 0 fully saturated rings. The molecular formula is C13H16Cl2N4O. The number of hydrogen-bond donors (Lipinski definition) is 2. The molecule has 108 valence electrons. The summed E-state index contributed by atoms with van der Waals surface area (Å²) in [6.07, 6.45) is 2.98. The van der Waals surface area contributed by atoms with Gasteiger partial charge in [0.15, 0.2) is 0 Å². The van der Waals surface area contributed by atoms with Crippen molar-refractivity contribution in [1.82, 2.24) is 20.1 Å². The first-order valence-electron chi connectivity index (χ1n) is 6.15. The third-order valence-corrected chi connectivity index (χ3v) is 3.96. The number of benzene rings is 1. The van der Waals surface area contributed by atoms with Crippen LogP contribution in [0.4, 0.5) is 0 Å². The van der Waals surface area contributed by atoms with E-state index in [1.54, 1.807) is 36.3 Å². The molecule has 2 rings (SSSR count). The number of aromatic nitrogens is 3. The van der Waals surface area contributed by atoms with Crippen LogP contribution in [0.1, 0.15) is 12.5 Å². The van der Waals surface area contributed by atoms with Gasteiger partial charge in [0.1, 0.15) is 18.3 Å². The van der Waals surface area contributed by atoms with E-state index in [0.29, 0.717) is 15.6 Å². The molecule has 20 heavy (non-hydrogen) atoms. The molecule has 0 saturated heterocycles. The lowest BCUT2D eigenvalue weighted by molar-refractivity contribution is -0.0147. The number of nitrogens with one attached hydrogen (secondary N) is 1. The third-order valence-electron chi connectivity index (χ3n) is 3.42. The van der Waals surface area contributed by atoms with Gasteiger partial charge < -0.3 is 10.4 Å². The van der Waals surface area contributed by atoms with E-state index in [0.717, 1.165) is 0 Å². The van der Waals surface area contributed by atoms with Gasteiger partial charge in [-0.1, -0.05) is 29.3 Å². The summed E-state index contributed by atoms with van der Waals surface area (Å²) in [5.74, 6) is 0. The molecule has 0 aliphatic heterocycles. The van der Waals surface area contributed by atoms with Crippen LogP contribution in [0.25, 0.3) is 0 Å². The Labute approximate surface area is 127 Å². The summed E-state index contributed by atoms with van der Waals surface area (Å²) in [6, 6.07) is 4.81. The van der Waals surface area contributed by atoms with Crippen LogP contribution in [0.15, 0.2) is 30.9 Å². The number of halogens is 2. The fraction of sp³-hybridized carbons (Fsp3) is 0.385. The Kier molecular flexibility index (Phi) is 4.65. The molecule has 2 atom stereocenters. The highest BCUT2D eigenvalue weighted by Gasteiger charge is 2.37. The summed E-state index contributed by atoms with van der Waals surface area (Å²) < 4.78 is 1.57. The number of aliphatic hydroxyl groups is 1. The fourth-order valence-electron chi connectivity index (χ4n) is 2.10. The first kappa shape index (κ1) is 15.3. The van der Waals surface area contributed by atoms with Crippen LogP contribution in [0.2, 0.25) is 10.0 Å². The lowest BCUT2D eigenvalue weighted by Gasteiger charge is -2.35. The highest BCUT2D eigenvalue weighted by Crippen LogP contribution is 2.34. The molecule has 0 aliphatic carbocycles. The zero-order valence-corrected chi connectivity index (χ0v) is 12.7. The molecule has 0 bridgehead atoms. The maximum atomic E-state index is 11.1. The molecule has 1 aromatic carbocycles. The van der Waals surface area contributed by atoms with Crippen LogP contribution in [0.3, 0.4) is 0 Å². The van der Waals surface area contributed by atoms with E-state index in [9.17, 15) is 5.11 Å². The Morgan fingerprint density at radius 3 is 2.75 bits per heavy atom. The van der Waals surface area contributed by atoms with Gasteiger partial charge in [0.25, 0.3) is 0 Å². The van der Waals surface area contributed by atoms with E-state index in [4.69, 9.17) is 23.2 Å². The highest BCUT2D eigenvalue weighted by atomic mass is 35.5. The van der Waals surface area contributed by atoms with Gasteiger partial charge in [0, 0.05) is 21.7 Å². The van der Waals surface area contributed by atoms with Crippen LogP contribution in [-0.2, 0) is 12.1 Å². The van der Waals surface area contributed by atoms with Crippen molar-refractivity contribution in [3.05, 3.63) is 46.5 Å². The van der Waals surface area contributed by atoms with Gasteiger partial charge in [-0.2, -0.15) is 5.10 Å². The van der Waals surface area contributed by atoms with E-state index < -0.39 is 5.60 Å². The molecule has 2 N–H and O–H groups in total. The van der Waals surface area contributed by atoms with E-state index in [-0.39, 0.29) is 12.6 Å². The molecular weight excluding hydrogens is 299 g/mol. The summed E-state index contributed by atoms with van der Waals surface area (Å²) in [4.78, 5) is 3.89. The minimum atomic E-state index is -1.23. The Morgan fingerprint density at radius 1 is 1.45 bits per heavy atom. The van der Waals surface area contributed by atoms with Crippen molar-refractivity contribution >= 4 is 23.2 Å². The topological polar surface area (TPSA) is 63.0 Å². The maximum Gasteiger partial charge on any atom is 0.137 e. The average molecular weight is 315 g/mol. The van der Waals surface area contributed by atoms with Gasteiger partial charge >= 0.3 is 0 Å². The van der Waals surface area contributed by atoms with Crippen LogP contribution in [-0.4, -0.2) is 33.0 Å². The normalized spacial score (nSPS) is 15.8. The summed E-state index contributed by atoms with van der Waals surface area (Å²) in [7, 11) is 1.78. The van der Waals surface area contributed by atoms with Crippen molar-refractivity contribution in [2.24, 2.45) is 0 Å². The Balaban J connectivity index is 2.45. The molecule has 5 nitrogen and oxygen atoms in total. The van der Waals surface area contributed by atoms with Crippen molar-refractivity contribution in [3.63, 3.8) is 0 Å². The third kappa shape index (κ3) is 2.96. The second-order valence-electron chi connectivity index (χ2n) is 4.65. The molecule has 0 spiro atoms. The second-order valence-corrected chi connectivity index (χ2v) is 5.50. The average Bonchev–Trinajstić information content (AvgIpc) is 2.90. The number of nitrogens with zero attached hydrogens (tertiary/aromatic N) is 3. The molecule has 1 heterocycles. The minimum Gasteiger partial charge on any atom is -0.382 e. The smallest absolute Gasteiger partial charge is 0.137 e. The molecule has 1 aromatic heterocycles. The first-order valence-corrected chi connectivity index (χ1v) is 6.90. The number of rotatable bonds is 5. The monoisotopic (exact) mass is 314 g/mol. The van der Waals surface area contributed by atoms with Crippen molar-refractivity contribution in [2.75, 3.05) is 7.05 Å². The van der Waals surface area contributed by atoms with Gasteiger partial charge in [-0.15, -0.1) is 0 Å². The van der Waals surface area contributed by atoms with Crippen LogP contribution >= 0.6 is 23.2 Å². The lowest BCUT2D eigenvalue weighted by Crippen LogP contribution is -2.48. The van der Waals surface area contributed by atoms with Crippen LogP contribution in [0.5, 0.6) is 0 Å². The second kappa shape index (κ2) is 6.10. The lowest BCUT2D eigenvalue weighted by atomic mass is 9.87. The molecule has 0 aliphatic rings. The van der Waals surface area contributed by atoms with Gasteiger partial charge in [0.05, 0.1) is 6.54 Å². The first-order chi connectivity index (χ1) is 9.47. The largest absolute Gasteiger partial charge is 0.382 e. The maximum absolute atomic E-state index is 11.1. The standard InChI is InChI=1S/C13H16Cl2N4O/c1-9(16-2)13(20,6-19-8-17-7-18-19)11-4-3-10(14)5-12(11)15/h3-5,7-9,16,20H,6H2,1-2H3/t9-,13-/m1/s1. The van der Waals surface area contributed by atoms with E-state index in [1.165, 1.54) is 6.33 Å². The quantitative estimate of drug-likeness (QED) is 0.887. The summed E-state index contributed by atoms with van der Waals surface area (Å²) in [5, 5.41) is 19.2. The minimum absolute atomic E-state index is 0.232. The Bertz CT molecular complexity index is 576. The Hall–Kier alpha value is -1.14.